The number of halogens is 1. The van der Waals surface area contributed by atoms with E-state index >= 15 is 0 Å². The van der Waals surface area contributed by atoms with Crippen LogP contribution >= 0.6 is 0 Å². The maximum atomic E-state index is 14.0. The van der Waals surface area contributed by atoms with Crippen LogP contribution in [0.5, 0.6) is 0 Å². The van der Waals surface area contributed by atoms with Gasteiger partial charge in [0.15, 0.2) is 0 Å². The number of amides is 1. The summed E-state index contributed by atoms with van der Waals surface area (Å²) in [6.07, 6.45) is 2.36. The van der Waals surface area contributed by atoms with Crippen LogP contribution in [0, 0.1) is 12.7 Å². The van der Waals surface area contributed by atoms with E-state index in [0.29, 0.717) is 11.4 Å². The number of nitrogens with one attached hydrogen (secondary N) is 2. The molecule has 0 unspecified atom stereocenters. The average Bonchev–Trinajstić information content (AvgIpc) is 2.97. The summed E-state index contributed by atoms with van der Waals surface area (Å²) >= 11 is 0. The minimum atomic E-state index is -3.50. The Bertz CT molecular complexity index is 1110. The number of aromatic nitrogens is 2. The smallest absolute Gasteiger partial charge is 0.259 e. The van der Waals surface area contributed by atoms with Crippen molar-refractivity contribution in [3.63, 3.8) is 0 Å². The summed E-state index contributed by atoms with van der Waals surface area (Å²) in [5.74, 6) is -0.948. The normalized spacial score (nSPS) is 11.2. The van der Waals surface area contributed by atoms with Gasteiger partial charge in [0.05, 0.1) is 35.1 Å². The standard InChI is InChI=1S/C18H17FN4O3S/c1-12-13(11-20-23(12)17-10-6-3-7-14(17)19)18(24)21-15-8-4-5-9-16(15)22-27(2,25)26/h3-11,22H,1-2H3,(H,21,24). The number of sulfonamides is 1. The third-order valence-corrected chi connectivity index (χ3v) is 4.40. The molecule has 1 aromatic heterocycles. The first-order chi connectivity index (χ1) is 12.8. The first-order valence-electron chi connectivity index (χ1n) is 7.94. The van der Waals surface area contributed by atoms with Crippen molar-refractivity contribution < 1.29 is 17.6 Å². The van der Waals surface area contributed by atoms with Crippen LogP contribution in [0.25, 0.3) is 5.69 Å². The maximum absolute atomic E-state index is 14.0. The van der Waals surface area contributed by atoms with E-state index in [1.807, 2.05) is 0 Å². The fraction of sp³-hybridized carbons (Fsp3) is 0.111. The van der Waals surface area contributed by atoms with Gasteiger partial charge in [-0.2, -0.15) is 5.10 Å². The van der Waals surface area contributed by atoms with Crippen molar-refractivity contribution in [1.29, 1.82) is 0 Å². The number of rotatable bonds is 5. The van der Waals surface area contributed by atoms with Gasteiger partial charge in [0, 0.05) is 0 Å². The molecule has 0 aliphatic rings. The zero-order chi connectivity index (χ0) is 19.6. The fourth-order valence-electron chi connectivity index (χ4n) is 2.57. The molecule has 3 rings (SSSR count). The summed E-state index contributed by atoms with van der Waals surface area (Å²) in [5, 5.41) is 6.75. The molecule has 0 bridgehead atoms. The van der Waals surface area contributed by atoms with Gasteiger partial charge in [-0.05, 0) is 31.2 Å². The van der Waals surface area contributed by atoms with E-state index < -0.39 is 21.7 Å². The van der Waals surface area contributed by atoms with Gasteiger partial charge in [-0.1, -0.05) is 24.3 Å². The molecule has 0 saturated carbocycles. The van der Waals surface area contributed by atoms with Gasteiger partial charge in [0.1, 0.15) is 11.5 Å². The van der Waals surface area contributed by atoms with Crippen molar-refractivity contribution in [3.8, 4) is 5.69 Å². The summed E-state index contributed by atoms with van der Waals surface area (Å²) in [7, 11) is -3.50. The SMILES string of the molecule is Cc1c(C(=O)Nc2ccccc2NS(C)(=O)=O)cnn1-c1ccccc1F. The first kappa shape index (κ1) is 18.6. The molecule has 0 aliphatic carbocycles. The highest BCUT2D eigenvalue weighted by atomic mass is 32.2. The molecule has 0 aliphatic heterocycles. The Kier molecular flexibility index (Phi) is 4.95. The molecule has 2 aromatic carbocycles. The quantitative estimate of drug-likeness (QED) is 0.703. The second kappa shape index (κ2) is 7.20. The van der Waals surface area contributed by atoms with Crippen LogP contribution < -0.4 is 10.0 Å². The molecule has 1 amide bonds. The van der Waals surface area contributed by atoms with Crippen LogP contribution in [0.3, 0.4) is 0 Å². The number of hydrogen-bond donors (Lipinski definition) is 2. The second-order valence-electron chi connectivity index (χ2n) is 5.88. The van der Waals surface area contributed by atoms with Crippen LogP contribution in [0.15, 0.2) is 54.7 Å². The predicted octanol–water partition coefficient (Wildman–Crippen LogP) is 2.94. The predicted molar refractivity (Wildman–Crippen MR) is 101 cm³/mol. The van der Waals surface area contributed by atoms with Crippen LogP contribution in [0.1, 0.15) is 16.1 Å². The van der Waals surface area contributed by atoms with Gasteiger partial charge in [-0.3, -0.25) is 9.52 Å². The molecule has 0 spiro atoms. The first-order valence-corrected chi connectivity index (χ1v) is 9.83. The number of hydrogen-bond acceptors (Lipinski definition) is 4. The van der Waals surface area contributed by atoms with Gasteiger partial charge in [-0.25, -0.2) is 17.5 Å². The van der Waals surface area contributed by atoms with E-state index in [1.165, 1.54) is 23.0 Å². The Balaban J connectivity index is 1.90. The molecule has 140 valence electrons. The van der Waals surface area contributed by atoms with Gasteiger partial charge >= 0.3 is 0 Å². The molecule has 3 aromatic rings. The van der Waals surface area contributed by atoms with Crippen molar-refractivity contribution >= 4 is 27.3 Å². The maximum Gasteiger partial charge on any atom is 0.259 e. The molecule has 2 N–H and O–H groups in total. The molecule has 27 heavy (non-hydrogen) atoms. The number of carbonyl (C=O) groups is 1. The third kappa shape index (κ3) is 4.14. The van der Waals surface area contributed by atoms with Crippen LogP contribution in [-0.4, -0.2) is 30.4 Å². The van der Waals surface area contributed by atoms with E-state index in [2.05, 4.69) is 15.1 Å². The Labute approximate surface area is 155 Å². The average molecular weight is 388 g/mol. The van der Waals surface area contributed by atoms with E-state index in [0.717, 1.165) is 6.26 Å². The lowest BCUT2D eigenvalue weighted by molar-refractivity contribution is 0.102. The van der Waals surface area contributed by atoms with Crippen LogP contribution in [-0.2, 0) is 10.0 Å². The van der Waals surface area contributed by atoms with E-state index in [-0.39, 0.29) is 16.9 Å². The highest BCUT2D eigenvalue weighted by Crippen LogP contribution is 2.24. The van der Waals surface area contributed by atoms with Gasteiger partial charge < -0.3 is 5.32 Å². The molecule has 0 saturated heterocycles. The zero-order valence-corrected chi connectivity index (χ0v) is 15.4. The molecule has 0 fully saturated rings. The number of carbonyl (C=O) groups excluding carboxylic acids is 1. The number of benzene rings is 2. The zero-order valence-electron chi connectivity index (χ0n) is 14.6. The largest absolute Gasteiger partial charge is 0.320 e. The van der Waals surface area contributed by atoms with Crippen molar-refractivity contribution in [2.75, 3.05) is 16.3 Å². The summed E-state index contributed by atoms with van der Waals surface area (Å²) in [4.78, 5) is 12.6. The van der Waals surface area contributed by atoms with E-state index in [9.17, 15) is 17.6 Å². The Hall–Kier alpha value is -3.20. The van der Waals surface area contributed by atoms with Gasteiger partial charge in [-0.15, -0.1) is 0 Å². The van der Waals surface area contributed by atoms with Crippen molar-refractivity contribution in [3.05, 3.63) is 71.8 Å². The minimum Gasteiger partial charge on any atom is -0.320 e. The van der Waals surface area contributed by atoms with E-state index in [4.69, 9.17) is 0 Å². The molecule has 0 atom stereocenters. The molecular formula is C18H17FN4O3S. The Morgan fingerprint density at radius 3 is 2.37 bits per heavy atom. The van der Waals surface area contributed by atoms with Crippen molar-refractivity contribution in [2.45, 2.75) is 6.92 Å². The molecule has 0 radical (unpaired) electrons. The van der Waals surface area contributed by atoms with Crippen LogP contribution in [0.2, 0.25) is 0 Å². The Morgan fingerprint density at radius 1 is 1.07 bits per heavy atom. The topological polar surface area (TPSA) is 93.1 Å². The molecular weight excluding hydrogens is 371 g/mol. The van der Waals surface area contributed by atoms with Crippen molar-refractivity contribution in [1.82, 2.24) is 9.78 Å². The van der Waals surface area contributed by atoms with Gasteiger partial charge in [0.25, 0.3) is 5.91 Å². The van der Waals surface area contributed by atoms with E-state index in [1.54, 1.807) is 43.3 Å². The summed E-state index contributed by atoms with van der Waals surface area (Å²) in [6, 6.07) is 12.5. The summed E-state index contributed by atoms with van der Waals surface area (Å²) in [6.45, 7) is 1.65. The molecule has 7 nitrogen and oxygen atoms in total. The highest BCUT2D eigenvalue weighted by Gasteiger charge is 2.18. The Morgan fingerprint density at radius 2 is 1.70 bits per heavy atom. The molecule has 1 heterocycles. The number of para-hydroxylation sites is 3. The fourth-order valence-corrected chi connectivity index (χ4v) is 3.15. The minimum absolute atomic E-state index is 0.230. The third-order valence-electron chi connectivity index (χ3n) is 3.81. The second-order valence-corrected chi connectivity index (χ2v) is 7.63. The number of anilines is 2. The summed E-state index contributed by atoms with van der Waals surface area (Å²) in [5.41, 5.74) is 1.46. The lowest BCUT2D eigenvalue weighted by atomic mass is 10.2. The van der Waals surface area contributed by atoms with Gasteiger partial charge in [0.2, 0.25) is 10.0 Å². The van der Waals surface area contributed by atoms with Crippen LogP contribution in [0.4, 0.5) is 15.8 Å². The number of nitrogens with zero attached hydrogens (tertiary/aromatic N) is 2. The lowest BCUT2D eigenvalue weighted by Crippen LogP contribution is -2.16. The summed E-state index contributed by atoms with van der Waals surface area (Å²) < 4.78 is 40.6. The monoisotopic (exact) mass is 388 g/mol. The van der Waals surface area contributed by atoms with Crippen molar-refractivity contribution in [2.24, 2.45) is 0 Å². The lowest BCUT2D eigenvalue weighted by Gasteiger charge is -2.12. The molecule has 9 heteroatoms. The highest BCUT2D eigenvalue weighted by molar-refractivity contribution is 7.92.